The van der Waals surface area contributed by atoms with Gasteiger partial charge in [0.25, 0.3) is 0 Å². The van der Waals surface area contributed by atoms with E-state index in [1.807, 2.05) is 0 Å². The van der Waals surface area contributed by atoms with Crippen LogP contribution in [0, 0.1) is 51.2 Å². The smallest absolute Gasteiger partial charge is 0.0684 e. The Morgan fingerprint density at radius 2 is 1.48 bits per heavy atom. The third-order valence-electron chi connectivity index (χ3n) is 13.0. The number of rotatable bonds is 1. The maximum absolute atomic E-state index is 11.7. The minimum Gasteiger partial charge on any atom is -0.393 e. The summed E-state index contributed by atoms with van der Waals surface area (Å²) in [6.07, 6.45) is 11.4. The molecule has 5 aliphatic rings. The number of aliphatic hydroxyl groups excluding tert-OH is 1. The number of fused-ring (bicyclic) bond motifs is 7. The summed E-state index contributed by atoms with van der Waals surface area (Å²) >= 11 is 0. The first-order valence-electron chi connectivity index (χ1n) is 13.4. The van der Waals surface area contributed by atoms with E-state index in [-0.39, 0.29) is 11.5 Å². The third-order valence-corrected chi connectivity index (χ3v) is 13.0. The largest absolute Gasteiger partial charge is 0.393 e. The normalized spacial score (nSPS) is 57.9. The second-order valence-electron chi connectivity index (χ2n) is 14.2. The summed E-state index contributed by atoms with van der Waals surface area (Å²) in [5, 5.41) is 22.6. The van der Waals surface area contributed by atoms with Crippen molar-refractivity contribution >= 4 is 0 Å². The summed E-state index contributed by atoms with van der Waals surface area (Å²) in [5.41, 5.74) is 1.85. The van der Waals surface area contributed by atoms with Gasteiger partial charge in [0.1, 0.15) is 0 Å². The fourth-order valence-corrected chi connectivity index (χ4v) is 11.1. The summed E-state index contributed by atoms with van der Waals surface area (Å²) in [4.78, 5) is 0. The topological polar surface area (TPSA) is 40.5 Å². The number of hydrogen-bond acceptors (Lipinski definition) is 2. The fourth-order valence-electron chi connectivity index (χ4n) is 11.1. The molecule has 0 bridgehead atoms. The van der Waals surface area contributed by atoms with Crippen molar-refractivity contribution in [1.82, 2.24) is 0 Å². The molecule has 2 N–H and O–H groups in total. The number of aliphatic hydroxyl groups is 2. The second-order valence-corrected chi connectivity index (χ2v) is 14.2. The van der Waals surface area contributed by atoms with E-state index in [0.717, 1.165) is 31.6 Å². The summed E-state index contributed by atoms with van der Waals surface area (Å²) in [6, 6.07) is 0. The van der Waals surface area contributed by atoms with Crippen LogP contribution >= 0.6 is 0 Å². The van der Waals surface area contributed by atoms with Crippen LogP contribution in [-0.4, -0.2) is 21.9 Å². The molecule has 10 atom stereocenters. The van der Waals surface area contributed by atoms with E-state index in [9.17, 15) is 10.2 Å². The number of hydrogen-bond donors (Lipinski definition) is 2. The number of allylic oxidation sites excluding steroid dienone is 1. The van der Waals surface area contributed by atoms with Gasteiger partial charge in [-0.1, -0.05) is 46.8 Å². The zero-order chi connectivity index (χ0) is 22.6. The second kappa shape index (κ2) is 6.62. The SMILES string of the molecule is C=C(C)C1CC[C@]2(O)CC[C@@]3(C)C(CC[C@@H]4[C@@]5(C)CC[C@H](O)C(C)(C)C5CC[C@]43C)C12. The highest BCUT2D eigenvalue weighted by molar-refractivity contribution is 5.22. The zero-order valence-electron chi connectivity index (χ0n) is 21.1. The van der Waals surface area contributed by atoms with Crippen LogP contribution in [0.4, 0.5) is 0 Å². The third kappa shape index (κ3) is 2.64. The van der Waals surface area contributed by atoms with Crippen molar-refractivity contribution in [2.75, 3.05) is 0 Å². The van der Waals surface area contributed by atoms with Gasteiger partial charge < -0.3 is 10.2 Å². The molecule has 0 aromatic rings. The highest BCUT2D eigenvalue weighted by Gasteiger charge is 2.70. The summed E-state index contributed by atoms with van der Waals surface area (Å²) in [7, 11) is 0. The molecule has 4 unspecified atom stereocenters. The Labute approximate surface area is 191 Å². The Morgan fingerprint density at radius 1 is 0.774 bits per heavy atom. The molecule has 0 heterocycles. The first kappa shape index (κ1) is 22.5. The average molecular weight is 429 g/mol. The molecule has 5 aliphatic carbocycles. The van der Waals surface area contributed by atoms with Gasteiger partial charge in [0, 0.05) is 0 Å². The van der Waals surface area contributed by atoms with Crippen LogP contribution in [0.1, 0.15) is 106 Å². The fraction of sp³-hybridized carbons (Fsp3) is 0.931. The monoisotopic (exact) mass is 428 g/mol. The van der Waals surface area contributed by atoms with E-state index in [4.69, 9.17) is 0 Å². The minimum atomic E-state index is -0.449. The molecule has 5 fully saturated rings. The Hall–Kier alpha value is -0.340. The van der Waals surface area contributed by atoms with Gasteiger partial charge in [-0.2, -0.15) is 0 Å². The molecular weight excluding hydrogens is 380 g/mol. The summed E-state index contributed by atoms with van der Waals surface area (Å²) < 4.78 is 0. The molecule has 2 heteroatoms. The Bertz CT molecular complexity index is 771. The zero-order valence-corrected chi connectivity index (χ0v) is 21.1. The average Bonchev–Trinajstić information content (AvgIpc) is 3.04. The van der Waals surface area contributed by atoms with Crippen molar-refractivity contribution in [2.45, 2.75) is 117 Å². The highest BCUT2D eigenvalue weighted by atomic mass is 16.3. The highest BCUT2D eigenvalue weighted by Crippen LogP contribution is 2.76. The molecule has 2 nitrogen and oxygen atoms in total. The van der Waals surface area contributed by atoms with E-state index in [2.05, 4.69) is 48.1 Å². The molecule has 0 aliphatic heterocycles. The van der Waals surface area contributed by atoms with Crippen LogP contribution in [0.25, 0.3) is 0 Å². The van der Waals surface area contributed by atoms with Crippen molar-refractivity contribution in [1.29, 1.82) is 0 Å². The molecule has 176 valence electrons. The maximum atomic E-state index is 11.7. The lowest BCUT2D eigenvalue weighted by Crippen LogP contribution is -2.67. The molecule has 5 saturated carbocycles. The minimum absolute atomic E-state index is 0.0232. The van der Waals surface area contributed by atoms with Gasteiger partial charge in [-0.15, -0.1) is 0 Å². The van der Waals surface area contributed by atoms with Crippen LogP contribution in [0.3, 0.4) is 0 Å². The molecule has 31 heavy (non-hydrogen) atoms. The Kier molecular flexibility index (Phi) is 4.80. The van der Waals surface area contributed by atoms with Gasteiger partial charge in [0.2, 0.25) is 0 Å². The van der Waals surface area contributed by atoms with Crippen molar-refractivity contribution in [3.8, 4) is 0 Å². The molecule has 0 spiro atoms. The van der Waals surface area contributed by atoms with Crippen molar-refractivity contribution in [3.05, 3.63) is 12.2 Å². The van der Waals surface area contributed by atoms with Gasteiger partial charge in [-0.25, -0.2) is 0 Å². The quantitative estimate of drug-likeness (QED) is 0.453. The van der Waals surface area contributed by atoms with E-state index >= 15 is 0 Å². The first-order valence-corrected chi connectivity index (χ1v) is 13.4. The van der Waals surface area contributed by atoms with E-state index in [0.29, 0.717) is 39.9 Å². The Morgan fingerprint density at radius 3 is 2.16 bits per heavy atom. The van der Waals surface area contributed by atoms with Crippen LogP contribution in [0.15, 0.2) is 12.2 Å². The summed E-state index contributed by atoms with van der Waals surface area (Å²) in [6.45, 7) is 19.1. The molecule has 0 aromatic carbocycles. The van der Waals surface area contributed by atoms with E-state index in [1.165, 1.54) is 44.1 Å². The lowest BCUT2D eigenvalue weighted by atomic mass is 9.33. The van der Waals surface area contributed by atoms with E-state index < -0.39 is 5.60 Å². The molecular formula is C29H48O2. The van der Waals surface area contributed by atoms with Crippen LogP contribution < -0.4 is 0 Å². The summed E-state index contributed by atoms with van der Waals surface area (Å²) in [5.74, 6) is 2.90. The van der Waals surface area contributed by atoms with E-state index in [1.54, 1.807) is 0 Å². The Balaban J connectivity index is 1.54. The maximum Gasteiger partial charge on any atom is 0.0684 e. The van der Waals surface area contributed by atoms with Crippen molar-refractivity contribution < 1.29 is 10.2 Å². The van der Waals surface area contributed by atoms with Crippen molar-refractivity contribution in [2.24, 2.45) is 51.2 Å². The van der Waals surface area contributed by atoms with Crippen LogP contribution in [-0.2, 0) is 0 Å². The van der Waals surface area contributed by atoms with Gasteiger partial charge in [0.15, 0.2) is 0 Å². The lowest BCUT2D eigenvalue weighted by Gasteiger charge is -2.72. The van der Waals surface area contributed by atoms with Crippen LogP contribution in [0.5, 0.6) is 0 Å². The van der Waals surface area contributed by atoms with Gasteiger partial charge >= 0.3 is 0 Å². The molecule has 0 radical (unpaired) electrons. The predicted molar refractivity (Wildman–Crippen MR) is 127 cm³/mol. The molecule has 5 rings (SSSR count). The first-order chi connectivity index (χ1) is 14.3. The molecule has 0 saturated heterocycles. The van der Waals surface area contributed by atoms with Gasteiger partial charge in [0.05, 0.1) is 11.7 Å². The van der Waals surface area contributed by atoms with Gasteiger partial charge in [-0.05, 0) is 122 Å². The molecule has 0 amide bonds. The molecule has 0 aromatic heterocycles. The van der Waals surface area contributed by atoms with Crippen LogP contribution in [0.2, 0.25) is 0 Å². The van der Waals surface area contributed by atoms with Crippen molar-refractivity contribution in [3.63, 3.8) is 0 Å². The standard InChI is InChI=1S/C29H48O2/c1-18(2)19-10-15-29(31)17-16-27(6)20(24(19)29)8-9-22-26(5)13-12-23(30)25(3,4)21(26)11-14-28(22,27)7/h19-24,30-31H,1,8-17H2,2-7H3/t19?,20?,21?,22-,23+,24?,26+,27+,28-,29+/m1/s1. The lowest BCUT2D eigenvalue weighted by molar-refractivity contribution is -0.254. The predicted octanol–water partition coefficient (Wildman–Crippen LogP) is 6.75. The van der Waals surface area contributed by atoms with Gasteiger partial charge in [-0.3, -0.25) is 0 Å².